The van der Waals surface area contributed by atoms with Crippen molar-refractivity contribution in [3.8, 4) is 5.88 Å². The molecule has 0 atom stereocenters. The van der Waals surface area contributed by atoms with Crippen LogP contribution in [0, 0.1) is 0 Å². The summed E-state index contributed by atoms with van der Waals surface area (Å²) in [4.78, 5) is 27.9. The second-order valence-electron chi connectivity index (χ2n) is 5.49. The zero-order valence-electron chi connectivity index (χ0n) is 14.2. The molecule has 0 aliphatic rings. The molecule has 0 aromatic carbocycles. The zero-order valence-corrected chi connectivity index (χ0v) is 15.0. The van der Waals surface area contributed by atoms with Crippen LogP contribution >= 0.6 is 11.3 Å². The summed E-state index contributed by atoms with van der Waals surface area (Å²) in [6.45, 7) is -1.10. The van der Waals surface area contributed by atoms with Crippen molar-refractivity contribution >= 4 is 23.2 Å². The summed E-state index contributed by atoms with van der Waals surface area (Å²) < 4.78 is 41.4. The molecule has 0 saturated heterocycles. The number of nitrogens with zero attached hydrogens (tertiary/aromatic N) is 1. The average molecular weight is 401 g/mol. The van der Waals surface area contributed by atoms with Gasteiger partial charge in [0.05, 0.1) is 4.88 Å². The van der Waals surface area contributed by atoms with E-state index in [1.807, 2.05) is 0 Å². The number of halogens is 3. The van der Waals surface area contributed by atoms with E-state index in [0.717, 1.165) is 0 Å². The number of aromatic nitrogens is 1. The molecule has 0 aliphatic heterocycles. The van der Waals surface area contributed by atoms with E-state index in [0.29, 0.717) is 23.4 Å². The van der Waals surface area contributed by atoms with Crippen LogP contribution in [0.25, 0.3) is 0 Å². The van der Waals surface area contributed by atoms with Crippen molar-refractivity contribution in [3.63, 3.8) is 0 Å². The van der Waals surface area contributed by atoms with Gasteiger partial charge in [-0.05, 0) is 23.9 Å². The molecule has 0 unspecified atom stereocenters. The van der Waals surface area contributed by atoms with Gasteiger partial charge in [-0.1, -0.05) is 12.1 Å². The third-order valence-electron chi connectivity index (χ3n) is 3.31. The lowest BCUT2D eigenvalue weighted by molar-refractivity contribution is -0.154. The highest BCUT2D eigenvalue weighted by atomic mass is 32.1. The molecule has 10 heteroatoms. The van der Waals surface area contributed by atoms with Crippen LogP contribution in [-0.4, -0.2) is 36.1 Å². The monoisotopic (exact) mass is 401 g/mol. The Kier molecular flexibility index (Phi) is 7.59. The van der Waals surface area contributed by atoms with Crippen molar-refractivity contribution in [2.24, 2.45) is 0 Å². The van der Waals surface area contributed by atoms with Gasteiger partial charge in [-0.25, -0.2) is 4.98 Å². The number of thiophene rings is 1. The minimum Gasteiger partial charge on any atom is -0.468 e. The fourth-order valence-electron chi connectivity index (χ4n) is 2.07. The van der Waals surface area contributed by atoms with E-state index in [2.05, 4.69) is 20.4 Å². The molecular weight excluding hydrogens is 383 g/mol. The van der Waals surface area contributed by atoms with Gasteiger partial charge in [0.25, 0.3) is 5.91 Å². The molecule has 2 N–H and O–H groups in total. The summed E-state index contributed by atoms with van der Waals surface area (Å²) in [5.74, 6) is -0.642. The minimum atomic E-state index is -4.47. The number of ether oxygens (including phenoxy) is 1. The molecule has 146 valence electrons. The van der Waals surface area contributed by atoms with Crippen molar-refractivity contribution in [2.45, 2.75) is 25.6 Å². The third-order valence-corrected chi connectivity index (χ3v) is 4.18. The number of nitrogens with one attached hydrogen (secondary N) is 2. The predicted molar refractivity (Wildman–Crippen MR) is 93.5 cm³/mol. The van der Waals surface area contributed by atoms with Gasteiger partial charge in [0.15, 0.2) is 6.61 Å². The first kappa shape index (κ1) is 20.7. The maximum atomic E-state index is 12.3. The van der Waals surface area contributed by atoms with Gasteiger partial charge in [-0.2, -0.15) is 13.2 Å². The van der Waals surface area contributed by atoms with Crippen molar-refractivity contribution in [3.05, 3.63) is 46.3 Å². The van der Waals surface area contributed by atoms with Crippen molar-refractivity contribution in [1.29, 1.82) is 0 Å². The SMILES string of the molecule is O=C(CCCNC(=O)c1cccs1)NCc1cccnc1OCC(F)(F)F. The summed E-state index contributed by atoms with van der Waals surface area (Å²) in [6.07, 6.45) is -2.55. The van der Waals surface area contributed by atoms with Crippen LogP contribution in [-0.2, 0) is 11.3 Å². The molecule has 2 heterocycles. The maximum absolute atomic E-state index is 12.3. The van der Waals surface area contributed by atoms with Gasteiger partial charge in [-0.15, -0.1) is 11.3 Å². The molecule has 0 fully saturated rings. The van der Waals surface area contributed by atoms with Gasteiger partial charge < -0.3 is 15.4 Å². The Bertz CT molecular complexity index is 751. The Morgan fingerprint density at radius 2 is 2.00 bits per heavy atom. The number of alkyl halides is 3. The highest BCUT2D eigenvalue weighted by Crippen LogP contribution is 2.19. The van der Waals surface area contributed by atoms with Crippen LogP contribution < -0.4 is 15.4 Å². The number of carbonyl (C=O) groups is 2. The van der Waals surface area contributed by atoms with Crippen LogP contribution in [0.2, 0.25) is 0 Å². The normalized spacial score (nSPS) is 11.1. The van der Waals surface area contributed by atoms with E-state index in [-0.39, 0.29) is 30.7 Å². The number of carbonyl (C=O) groups excluding carboxylic acids is 2. The van der Waals surface area contributed by atoms with Gasteiger partial charge >= 0.3 is 6.18 Å². The fourth-order valence-corrected chi connectivity index (χ4v) is 2.71. The van der Waals surface area contributed by atoms with Gasteiger partial charge in [-0.3, -0.25) is 9.59 Å². The minimum absolute atomic E-state index is 0.00141. The van der Waals surface area contributed by atoms with E-state index in [4.69, 9.17) is 0 Å². The summed E-state index contributed by atoms with van der Waals surface area (Å²) in [5.41, 5.74) is 0.348. The number of hydrogen-bond acceptors (Lipinski definition) is 5. The van der Waals surface area contributed by atoms with Crippen LogP contribution in [0.3, 0.4) is 0 Å². The third kappa shape index (κ3) is 7.65. The van der Waals surface area contributed by atoms with Crippen LogP contribution in [0.1, 0.15) is 28.1 Å². The molecule has 2 rings (SSSR count). The Labute approximate surface area is 157 Å². The van der Waals surface area contributed by atoms with E-state index in [9.17, 15) is 22.8 Å². The summed E-state index contributed by atoms with van der Waals surface area (Å²) in [5, 5.41) is 7.11. The van der Waals surface area contributed by atoms with Gasteiger partial charge in [0.1, 0.15) is 0 Å². The maximum Gasteiger partial charge on any atom is 0.422 e. The van der Waals surface area contributed by atoms with E-state index in [1.54, 1.807) is 23.6 Å². The molecule has 27 heavy (non-hydrogen) atoms. The Morgan fingerprint density at radius 1 is 1.19 bits per heavy atom. The Hall–Kier alpha value is -2.62. The summed E-state index contributed by atoms with van der Waals surface area (Å²) in [6, 6.07) is 6.56. The molecule has 6 nitrogen and oxygen atoms in total. The predicted octanol–water partition coefficient (Wildman–Crippen LogP) is 2.91. The lowest BCUT2D eigenvalue weighted by Crippen LogP contribution is -2.27. The first-order valence-electron chi connectivity index (χ1n) is 8.07. The topological polar surface area (TPSA) is 80.3 Å². The average Bonchev–Trinajstić information content (AvgIpc) is 3.16. The fraction of sp³-hybridized carbons (Fsp3) is 0.353. The van der Waals surface area contributed by atoms with Crippen molar-refractivity contribution in [1.82, 2.24) is 15.6 Å². The number of amides is 2. The lowest BCUT2D eigenvalue weighted by atomic mass is 10.2. The standard InChI is InChI=1S/C17H18F3N3O3S/c18-17(19,20)11-26-16-12(4-1-8-22-16)10-23-14(24)6-2-7-21-15(25)13-5-3-9-27-13/h1,3-5,8-9H,2,6-7,10-11H2,(H,21,25)(H,23,24). The van der Waals surface area contributed by atoms with E-state index < -0.39 is 12.8 Å². The van der Waals surface area contributed by atoms with E-state index in [1.165, 1.54) is 23.6 Å². The van der Waals surface area contributed by atoms with Crippen molar-refractivity contribution < 1.29 is 27.5 Å². The molecule has 2 amide bonds. The Balaban J connectivity index is 1.70. The zero-order chi connectivity index (χ0) is 19.7. The van der Waals surface area contributed by atoms with Crippen LogP contribution in [0.4, 0.5) is 13.2 Å². The highest BCUT2D eigenvalue weighted by Gasteiger charge is 2.29. The molecule has 0 radical (unpaired) electrons. The van der Waals surface area contributed by atoms with Crippen LogP contribution in [0.15, 0.2) is 35.8 Å². The smallest absolute Gasteiger partial charge is 0.422 e. The first-order chi connectivity index (χ1) is 12.8. The molecule has 0 aliphatic carbocycles. The molecular formula is C17H18F3N3O3S. The van der Waals surface area contributed by atoms with Crippen LogP contribution in [0.5, 0.6) is 5.88 Å². The number of rotatable bonds is 9. The largest absolute Gasteiger partial charge is 0.468 e. The highest BCUT2D eigenvalue weighted by molar-refractivity contribution is 7.12. The second-order valence-corrected chi connectivity index (χ2v) is 6.43. The molecule has 0 spiro atoms. The summed E-state index contributed by atoms with van der Waals surface area (Å²) in [7, 11) is 0. The first-order valence-corrected chi connectivity index (χ1v) is 8.95. The molecule has 2 aromatic heterocycles. The molecule has 0 bridgehead atoms. The van der Waals surface area contributed by atoms with E-state index >= 15 is 0 Å². The van der Waals surface area contributed by atoms with Gasteiger partial charge in [0.2, 0.25) is 11.8 Å². The van der Waals surface area contributed by atoms with Gasteiger partial charge in [0, 0.05) is 31.3 Å². The Morgan fingerprint density at radius 3 is 2.70 bits per heavy atom. The molecule has 2 aromatic rings. The number of hydrogen-bond donors (Lipinski definition) is 2. The lowest BCUT2D eigenvalue weighted by Gasteiger charge is -2.12. The second kappa shape index (κ2) is 9.91. The van der Waals surface area contributed by atoms with Crippen molar-refractivity contribution in [2.75, 3.05) is 13.2 Å². The quantitative estimate of drug-likeness (QED) is 0.633. The molecule has 0 saturated carbocycles. The summed E-state index contributed by atoms with van der Waals surface area (Å²) >= 11 is 1.33. The number of pyridine rings is 1.